The predicted octanol–water partition coefficient (Wildman–Crippen LogP) is 0.607. The van der Waals surface area contributed by atoms with E-state index in [9.17, 15) is 0 Å². The number of methoxy groups -OCH3 is 1. The zero-order valence-corrected chi connectivity index (χ0v) is 9.13. The summed E-state index contributed by atoms with van der Waals surface area (Å²) in [6.07, 6.45) is 2.72. The van der Waals surface area contributed by atoms with E-state index in [0.717, 1.165) is 6.42 Å². The third-order valence-corrected chi connectivity index (χ3v) is 3.28. The van der Waals surface area contributed by atoms with Crippen LogP contribution in [0.1, 0.15) is 19.8 Å². The smallest absolute Gasteiger partial charge is 0.0612 e. The fourth-order valence-electron chi connectivity index (χ4n) is 2.33. The van der Waals surface area contributed by atoms with Gasteiger partial charge in [0.2, 0.25) is 0 Å². The highest BCUT2D eigenvalue weighted by atomic mass is 16.5. The van der Waals surface area contributed by atoms with E-state index < -0.39 is 0 Å². The Kier molecular flexibility index (Phi) is 4.16. The van der Waals surface area contributed by atoms with Crippen molar-refractivity contribution in [3.63, 3.8) is 0 Å². The largest absolute Gasteiger partial charge is 0.381 e. The fraction of sp³-hybridized carbons (Fsp3) is 1.00. The van der Waals surface area contributed by atoms with Crippen molar-refractivity contribution in [1.29, 1.82) is 0 Å². The third kappa shape index (κ3) is 2.42. The van der Waals surface area contributed by atoms with Crippen molar-refractivity contribution in [2.75, 3.05) is 21.2 Å². The van der Waals surface area contributed by atoms with Crippen LogP contribution in [0.3, 0.4) is 0 Å². The summed E-state index contributed by atoms with van der Waals surface area (Å²) >= 11 is 0. The lowest BCUT2D eigenvalue weighted by atomic mass is 9.81. The van der Waals surface area contributed by atoms with Gasteiger partial charge in [-0.2, -0.15) is 0 Å². The molecule has 0 amide bonds. The molecule has 0 aromatic rings. The van der Waals surface area contributed by atoms with Crippen molar-refractivity contribution >= 4 is 0 Å². The van der Waals surface area contributed by atoms with Gasteiger partial charge in [-0.25, -0.2) is 0 Å². The topological polar surface area (TPSA) is 33.3 Å². The van der Waals surface area contributed by atoms with E-state index in [4.69, 9.17) is 4.74 Å². The molecule has 1 aliphatic rings. The molecule has 0 aromatic heterocycles. The molecule has 0 aliphatic heterocycles. The summed E-state index contributed by atoms with van der Waals surface area (Å²) in [5, 5.41) is 6.71. The predicted molar refractivity (Wildman–Crippen MR) is 54.9 cm³/mol. The molecule has 0 saturated heterocycles. The van der Waals surface area contributed by atoms with Crippen molar-refractivity contribution in [1.82, 2.24) is 10.6 Å². The summed E-state index contributed by atoms with van der Waals surface area (Å²) in [4.78, 5) is 0. The molecule has 3 heteroatoms. The third-order valence-electron chi connectivity index (χ3n) is 3.28. The van der Waals surface area contributed by atoms with Gasteiger partial charge in [0.1, 0.15) is 0 Å². The SMILES string of the molecule is CN[C@H]1C[C@@H](OC)[C@@H](C)C[C@H]1NC. The van der Waals surface area contributed by atoms with Crippen LogP contribution in [0.15, 0.2) is 0 Å². The summed E-state index contributed by atoms with van der Waals surface area (Å²) in [5.74, 6) is 0.659. The van der Waals surface area contributed by atoms with Crippen molar-refractivity contribution < 1.29 is 4.74 Å². The number of likely N-dealkylation sites (N-methyl/N-ethyl adjacent to an activating group) is 2. The van der Waals surface area contributed by atoms with E-state index in [1.807, 2.05) is 21.2 Å². The first kappa shape index (κ1) is 11.0. The molecule has 1 saturated carbocycles. The molecule has 1 fully saturated rings. The highest BCUT2D eigenvalue weighted by molar-refractivity contribution is 4.91. The molecule has 2 N–H and O–H groups in total. The van der Waals surface area contributed by atoms with E-state index in [-0.39, 0.29) is 0 Å². The maximum atomic E-state index is 5.46. The first-order valence-electron chi connectivity index (χ1n) is 5.10. The zero-order chi connectivity index (χ0) is 9.84. The van der Waals surface area contributed by atoms with Crippen LogP contribution in [0.5, 0.6) is 0 Å². The second kappa shape index (κ2) is 4.94. The average molecular weight is 186 g/mol. The van der Waals surface area contributed by atoms with Gasteiger partial charge in [0.15, 0.2) is 0 Å². The molecule has 1 aliphatic carbocycles. The van der Waals surface area contributed by atoms with E-state index >= 15 is 0 Å². The van der Waals surface area contributed by atoms with Crippen molar-refractivity contribution in [2.45, 2.75) is 38.0 Å². The Morgan fingerprint density at radius 2 is 1.62 bits per heavy atom. The van der Waals surface area contributed by atoms with Crippen molar-refractivity contribution in [3.05, 3.63) is 0 Å². The van der Waals surface area contributed by atoms with Gasteiger partial charge < -0.3 is 15.4 Å². The van der Waals surface area contributed by atoms with Crippen LogP contribution < -0.4 is 10.6 Å². The highest BCUT2D eigenvalue weighted by Gasteiger charge is 2.33. The number of hydrogen-bond donors (Lipinski definition) is 2. The molecule has 0 bridgehead atoms. The van der Waals surface area contributed by atoms with Gasteiger partial charge in [0.05, 0.1) is 6.10 Å². The molecular formula is C10H22N2O. The molecule has 13 heavy (non-hydrogen) atoms. The lowest BCUT2D eigenvalue weighted by Gasteiger charge is -2.39. The summed E-state index contributed by atoms with van der Waals surface area (Å²) in [7, 11) is 5.88. The first-order chi connectivity index (χ1) is 6.22. The van der Waals surface area contributed by atoms with Crippen LogP contribution in [-0.4, -0.2) is 39.4 Å². The van der Waals surface area contributed by atoms with Gasteiger partial charge in [-0.15, -0.1) is 0 Å². The van der Waals surface area contributed by atoms with Crippen LogP contribution in [0.4, 0.5) is 0 Å². The minimum absolute atomic E-state index is 0.419. The van der Waals surface area contributed by atoms with Crippen LogP contribution >= 0.6 is 0 Å². The highest BCUT2D eigenvalue weighted by Crippen LogP contribution is 2.26. The Bertz CT molecular complexity index is 152. The number of hydrogen-bond acceptors (Lipinski definition) is 3. The molecule has 0 radical (unpaired) electrons. The number of ether oxygens (including phenoxy) is 1. The second-order valence-corrected chi connectivity index (χ2v) is 4.01. The Morgan fingerprint density at radius 3 is 2.08 bits per heavy atom. The monoisotopic (exact) mass is 186 g/mol. The van der Waals surface area contributed by atoms with Gasteiger partial charge in [0.25, 0.3) is 0 Å². The summed E-state index contributed by atoms with van der Waals surface area (Å²) < 4.78 is 5.46. The zero-order valence-electron chi connectivity index (χ0n) is 9.13. The van der Waals surface area contributed by atoms with Crippen molar-refractivity contribution in [3.8, 4) is 0 Å². The Morgan fingerprint density at radius 1 is 1.08 bits per heavy atom. The minimum Gasteiger partial charge on any atom is -0.381 e. The Balaban J connectivity index is 2.54. The van der Waals surface area contributed by atoms with Crippen LogP contribution in [0.2, 0.25) is 0 Å². The molecule has 4 atom stereocenters. The van der Waals surface area contributed by atoms with E-state index in [1.54, 1.807) is 0 Å². The first-order valence-corrected chi connectivity index (χ1v) is 5.10. The van der Waals surface area contributed by atoms with E-state index in [2.05, 4.69) is 17.6 Å². The molecule has 1 rings (SSSR count). The minimum atomic E-state index is 0.419. The summed E-state index contributed by atoms with van der Waals surface area (Å²) in [6.45, 7) is 2.27. The molecule has 3 nitrogen and oxygen atoms in total. The molecule has 0 spiro atoms. The quantitative estimate of drug-likeness (QED) is 0.677. The van der Waals surface area contributed by atoms with Gasteiger partial charge >= 0.3 is 0 Å². The van der Waals surface area contributed by atoms with Gasteiger partial charge in [-0.3, -0.25) is 0 Å². The molecule has 0 aromatic carbocycles. The van der Waals surface area contributed by atoms with Crippen LogP contribution in [0.25, 0.3) is 0 Å². The van der Waals surface area contributed by atoms with Gasteiger partial charge in [-0.1, -0.05) is 6.92 Å². The Hall–Kier alpha value is -0.120. The average Bonchev–Trinajstić information content (AvgIpc) is 2.17. The maximum absolute atomic E-state index is 5.46. The summed E-state index contributed by atoms with van der Waals surface area (Å²) in [6, 6.07) is 1.14. The lowest BCUT2D eigenvalue weighted by molar-refractivity contribution is 0.0107. The lowest BCUT2D eigenvalue weighted by Crippen LogP contribution is -2.53. The van der Waals surface area contributed by atoms with Crippen LogP contribution in [0, 0.1) is 5.92 Å². The fourth-order valence-corrected chi connectivity index (χ4v) is 2.33. The second-order valence-electron chi connectivity index (χ2n) is 4.01. The van der Waals surface area contributed by atoms with E-state index in [0.29, 0.717) is 24.1 Å². The molecule has 78 valence electrons. The van der Waals surface area contributed by atoms with E-state index in [1.165, 1.54) is 6.42 Å². The van der Waals surface area contributed by atoms with Crippen molar-refractivity contribution in [2.24, 2.45) is 5.92 Å². The molecule has 0 heterocycles. The molecular weight excluding hydrogens is 164 g/mol. The molecule has 0 unspecified atom stereocenters. The van der Waals surface area contributed by atoms with Gasteiger partial charge in [0, 0.05) is 19.2 Å². The maximum Gasteiger partial charge on any atom is 0.0612 e. The van der Waals surface area contributed by atoms with Gasteiger partial charge in [-0.05, 0) is 32.9 Å². The normalized spacial score (nSPS) is 40.6. The number of rotatable bonds is 3. The van der Waals surface area contributed by atoms with Crippen LogP contribution in [-0.2, 0) is 4.74 Å². The number of nitrogens with one attached hydrogen (secondary N) is 2. The standard InChI is InChI=1S/C10H22N2O/c1-7-5-8(11-2)9(12-3)6-10(7)13-4/h7-12H,5-6H2,1-4H3/t7-,8+,9-,10+/m0/s1. The Labute approximate surface area is 81.2 Å². The summed E-state index contributed by atoms with van der Waals surface area (Å²) in [5.41, 5.74) is 0.